The quantitative estimate of drug-likeness (QED) is 0.252. The SMILES string of the molecule is c1ccc([Si](c2cccc(-c3ccncc3)c2)(c2ccnc(-c3ccncc3)c2)c2ccnc(-c3ccncc3)c2)cc1. The Labute approximate surface area is 251 Å². The van der Waals surface area contributed by atoms with Gasteiger partial charge in [0.05, 0.1) is 11.4 Å². The van der Waals surface area contributed by atoms with Gasteiger partial charge in [0.1, 0.15) is 0 Å². The average molecular weight is 570 g/mol. The molecule has 0 N–H and O–H groups in total. The Morgan fingerprint density at radius 3 is 1.33 bits per heavy atom. The first-order valence-electron chi connectivity index (χ1n) is 14.1. The summed E-state index contributed by atoms with van der Waals surface area (Å²) >= 11 is 0. The van der Waals surface area contributed by atoms with Gasteiger partial charge in [-0.2, -0.15) is 0 Å². The summed E-state index contributed by atoms with van der Waals surface area (Å²) in [6.45, 7) is 0. The Kier molecular flexibility index (Phi) is 7.17. The zero-order valence-corrected chi connectivity index (χ0v) is 24.3. The van der Waals surface area contributed by atoms with Crippen LogP contribution in [0.4, 0.5) is 0 Å². The molecular weight excluding hydrogens is 543 g/mol. The van der Waals surface area contributed by atoms with Crippen molar-refractivity contribution in [3.05, 3.63) is 165 Å². The van der Waals surface area contributed by atoms with Crippen LogP contribution >= 0.6 is 0 Å². The lowest BCUT2D eigenvalue weighted by molar-refractivity contribution is 1.29. The lowest BCUT2D eigenvalue weighted by Crippen LogP contribution is -2.74. The summed E-state index contributed by atoms with van der Waals surface area (Å²) in [4.78, 5) is 22.3. The molecule has 0 bridgehead atoms. The monoisotopic (exact) mass is 569 g/mol. The first-order valence-corrected chi connectivity index (χ1v) is 16.1. The minimum atomic E-state index is -2.92. The van der Waals surface area contributed by atoms with E-state index in [0.717, 1.165) is 33.6 Å². The van der Waals surface area contributed by atoms with Crippen LogP contribution in [0.15, 0.2) is 165 Å². The fourth-order valence-electron chi connectivity index (χ4n) is 5.85. The second-order valence-electron chi connectivity index (χ2n) is 10.3. The Bertz CT molecular complexity index is 1770. The standard InChI is InChI=1S/C37H27N5Si/c1-2-6-32(7-3-1)43(33-8-4-5-31(25-33)28-9-17-38-18-10-28,34-15-23-41-36(26-34)29-11-19-39-20-12-29)35-16-24-42-37(27-35)30-13-21-40-22-14-30/h1-27H. The molecular formula is C37H27N5Si. The van der Waals surface area contributed by atoms with E-state index in [-0.39, 0.29) is 0 Å². The van der Waals surface area contributed by atoms with Crippen LogP contribution < -0.4 is 20.7 Å². The Morgan fingerprint density at radius 2 is 0.791 bits per heavy atom. The lowest BCUT2D eigenvalue weighted by Gasteiger charge is -2.35. The minimum absolute atomic E-state index is 0.918. The van der Waals surface area contributed by atoms with Gasteiger partial charge in [0.15, 0.2) is 8.07 Å². The van der Waals surface area contributed by atoms with E-state index >= 15 is 0 Å². The van der Waals surface area contributed by atoms with Crippen LogP contribution in [-0.2, 0) is 0 Å². The van der Waals surface area contributed by atoms with Crippen molar-refractivity contribution < 1.29 is 0 Å². The summed E-state index contributed by atoms with van der Waals surface area (Å²) < 4.78 is 0. The van der Waals surface area contributed by atoms with E-state index in [2.05, 4.69) is 106 Å². The van der Waals surface area contributed by atoms with Crippen LogP contribution in [0.3, 0.4) is 0 Å². The lowest BCUT2D eigenvalue weighted by atomic mass is 10.1. The van der Waals surface area contributed by atoms with Crippen molar-refractivity contribution in [1.82, 2.24) is 24.9 Å². The number of rotatable bonds is 7. The molecule has 0 atom stereocenters. The molecule has 0 aliphatic rings. The summed E-state index contributed by atoms with van der Waals surface area (Å²) in [7, 11) is -2.92. The fourth-order valence-corrected chi connectivity index (χ4v) is 10.6. The van der Waals surface area contributed by atoms with Gasteiger partial charge in [-0.3, -0.25) is 24.9 Å². The van der Waals surface area contributed by atoms with Gasteiger partial charge in [-0.05, 0) is 92.5 Å². The van der Waals surface area contributed by atoms with Gasteiger partial charge in [-0.25, -0.2) is 0 Å². The highest BCUT2D eigenvalue weighted by atomic mass is 28.3. The zero-order valence-electron chi connectivity index (χ0n) is 23.3. The molecule has 0 radical (unpaired) electrons. The molecule has 5 heterocycles. The van der Waals surface area contributed by atoms with E-state index < -0.39 is 8.07 Å². The molecule has 5 nitrogen and oxygen atoms in total. The molecule has 7 aromatic rings. The van der Waals surface area contributed by atoms with Crippen LogP contribution in [0.25, 0.3) is 33.6 Å². The molecule has 0 aliphatic heterocycles. The topological polar surface area (TPSA) is 64.5 Å². The maximum Gasteiger partial charge on any atom is 0.179 e. The first kappa shape index (κ1) is 26.3. The van der Waals surface area contributed by atoms with Crippen molar-refractivity contribution in [2.24, 2.45) is 0 Å². The third-order valence-electron chi connectivity index (χ3n) is 7.85. The minimum Gasteiger partial charge on any atom is -0.265 e. The Hall–Kier alpha value is -5.59. The second kappa shape index (κ2) is 11.7. The van der Waals surface area contributed by atoms with Gasteiger partial charge in [0.25, 0.3) is 0 Å². The molecule has 0 aliphatic carbocycles. The van der Waals surface area contributed by atoms with Crippen molar-refractivity contribution in [3.8, 4) is 33.6 Å². The summed E-state index contributed by atoms with van der Waals surface area (Å²) in [6, 6.07) is 41.0. The van der Waals surface area contributed by atoms with Crippen LogP contribution in [0, 0.1) is 0 Å². The van der Waals surface area contributed by atoms with Gasteiger partial charge in [-0.15, -0.1) is 0 Å². The van der Waals surface area contributed by atoms with E-state index in [4.69, 9.17) is 9.97 Å². The molecule has 5 aromatic heterocycles. The zero-order chi connectivity index (χ0) is 28.9. The van der Waals surface area contributed by atoms with Crippen LogP contribution in [0.2, 0.25) is 0 Å². The molecule has 0 saturated carbocycles. The molecule has 0 saturated heterocycles. The molecule has 204 valence electrons. The number of nitrogens with zero attached hydrogens (tertiary/aromatic N) is 5. The molecule has 0 fully saturated rings. The smallest absolute Gasteiger partial charge is 0.179 e. The normalized spacial score (nSPS) is 11.3. The molecule has 6 heteroatoms. The van der Waals surface area contributed by atoms with Crippen molar-refractivity contribution in [2.45, 2.75) is 0 Å². The highest BCUT2D eigenvalue weighted by molar-refractivity contribution is 7.20. The Balaban J connectivity index is 1.56. The highest BCUT2D eigenvalue weighted by Crippen LogP contribution is 2.22. The Morgan fingerprint density at radius 1 is 0.326 bits per heavy atom. The number of pyridine rings is 5. The van der Waals surface area contributed by atoms with Crippen LogP contribution in [-0.4, -0.2) is 33.0 Å². The summed E-state index contributed by atoms with van der Waals surface area (Å²) in [5.41, 5.74) is 6.19. The molecule has 0 unspecified atom stereocenters. The average Bonchev–Trinajstić information content (AvgIpc) is 3.11. The van der Waals surface area contributed by atoms with Gasteiger partial charge in [-0.1, -0.05) is 54.6 Å². The van der Waals surface area contributed by atoms with Crippen molar-refractivity contribution in [2.75, 3.05) is 0 Å². The van der Waals surface area contributed by atoms with Crippen LogP contribution in [0.5, 0.6) is 0 Å². The number of aromatic nitrogens is 5. The molecule has 0 amide bonds. The largest absolute Gasteiger partial charge is 0.265 e. The predicted molar refractivity (Wildman–Crippen MR) is 175 cm³/mol. The van der Waals surface area contributed by atoms with E-state index in [1.165, 1.54) is 20.7 Å². The predicted octanol–water partition coefficient (Wildman–Crippen LogP) is 5.04. The van der Waals surface area contributed by atoms with Gasteiger partial charge in [0.2, 0.25) is 0 Å². The maximum atomic E-state index is 4.80. The third-order valence-corrected chi connectivity index (χ3v) is 12.6. The van der Waals surface area contributed by atoms with E-state index in [1.54, 1.807) is 0 Å². The van der Waals surface area contributed by atoms with Gasteiger partial charge in [0, 0.05) is 60.7 Å². The second-order valence-corrected chi connectivity index (χ2v) is 14.1. The van der Waals surface area contributed by atoms with E-state index in [9.17, 15) is 0 Å². The number of hydrogen-bond donors (Lipinski definition) is 0. The summed E-state index contributed by atoms with van der Waals surface area (Å²) in [5.74, 6) is 0. The molecule has 0 spiro atoms. The summed E-state index contributed by atoms with van der Waals surface area (Å²) in [6.07, 6.45) is 14.8. The third kappa shape index (κ3) is 5.05. The summed E-state index contributed by atoms with van der Waals surface area (Å²) in [5, 5.41) is 5.02. The molecule has 43 heavy (non-hydrogen) atoms. The molecule has 2 aromatic carbocycles. The fraction of sp³-hybridized carbons (Fsp3) is 0. The number of benzene rings is 2. The van der Waals surface area contributed by atoms with E-state index in [0.29, 0.717) is 0 Å². The maximum absolute atomic E-state index is 4.80. The van der Waals surface area contributed by atoms with Crippen molar-refractivity contribution in [1.29, 1.82) is 0 Å². The van der Waals surface area contributed by atoms with Gasteiger partial charge >= 0.3 is 0 Å². The first-order chi connectivity index (χ1) is 21.3. The van der Waals surface area contributed by atoms with Gasteiger partial charge < -0.3 is 0 Å². The van der Waals surface area contributed by atoms with Crippen molar-refractivity contribution >= 4 is 28.8 Å². The number of hydrogen-bond acceptors (Lipinski definition) is 5. The highest BCUT2D eigenvalue weighted by Gasteiger charge is 2.42. The van der Waals surface area contributed by atoms with Crippen LogP contribution in [0.1, 0.15) is 0 Å². The van der Waals surface area contributed by atoms with E-state index in [1.807, 2.05) is 73.8 Å². The molecule has 7 rings (SSSR count). The van der Waals surface area contributed by atoms with Crippen molar-refractivity contribution in [3.63, 3.8) is 0 Å².